The van der Waals surface area contributed by atoms with Crippen molar-refractivity contribution in [2.24, 2.45) is 0 Å². The zero-order chi connectivity index (χ0) is 40.4. The van der Waals surface area contributed by atoms with Crippen molar-refractivity contribution in [2.75, 3.05) is 0 Å². The van der Waals surface area contributed by atoms with Crippen LogP contribution in [0.15, 0.2) is 182 Å². The predicted octanol–water partition coefficient (Wildman–Crippen LogP) is 11.3. The van der Waals surface area contributed by atoms with Gasteiger partial charge in [-0.1, -0.05) is 158 Å². The molecule has 2 aromatic heterocycles. The third-order valence-electron chi connectivity index (χ3n) is 8.47. The molecule has 0 atom stereocenters. The fraction of sp³-hybridized carbons (Fsp3) is 0. The SMILES string of the molecule is [2H]c1c([2H])c([2H])c(-c2ccc3c4c([2H])c([2H])c([2H])c([2H])c4n(-c4cccc(-c5nc(-c6ccccc6)nc(-c6ccc(-c7ccccc7)cc6)n5)c4)c3c2)c([2H])c1[2H]. The Labute approximate surface area is 297 Å². The van der Waals surface area contributed by atoms with Gasteiger partial charge in [0, 0.05) is 33.2 Å². The molecule has 7 aromatic carbocycles. The number of aromatic nitrogens is 4. The molecule has 4 heteroatoms. The monoisotopic (exact) mass is 635 g/mol. The van der Waals surface area contributed by atoms with Gasteiger partial charge < -0.3 is 4.57 Å². The van der Waals surface area contributed by atoms with E-state index in [0.29, 0.717) is 45.2 Å². The minimum atomic E-state index is -0.504. The Bertz CT molecular complexity index is 3070. The van der Waals surface area contributed by atoms with E-state index in [-0.39, 0.29) is 46.7 Å². The minimum absolute atomic E-state index is 0.000898. The number of hydrogen-bond donors (Lipinski definition) is 0. The van der Waals surface area contributed by atoms with E-state index in [4.69, 9.17) is 27.3 Å². The largest absolute Gasteiger partial charge is 0.309 e. The van der Waals surface area contributed by atoms with E-state index in [2.05, 4.69) is 12.1 Å². The quantitative estimate of drug-likeness (QED) is 0.183. The van der Waals surface area contributed by atoms with E-state index in [1.165, 1.54) is 0 Å². The Kier molecular flexibility index (Phi) is 5.11. The van der Waals surface area contributed by atoms with Crippen LogP contribution in [0.4, 0.5) is 0 Å². The van der Waals surface area contributed by atoms with Crippen molar-refractivity contribution in [1.82, 2.24) is 19.5 Å². The van der Waals surface area contributed by atoms with E-state index in [0.717, 1.165) is 22.3 Å². The molecule has 9 rings (SSSR count). The first-order valence-corrected chi connectivity index (χ1v) is 15.7. The zero-order valence-corrected chi connectivity index (χ0v) is 25.9. The lowest BCUT2D eigenvalue weighted by molar-refractivity contribution is 1.07. The maximum absolute atomic E-state index is 9.07. The average molecular weight is 636 g/mol. The smallest absolute Gasteiger partial charge is 0.164 e. The molecule has 0 N–H and O–H groups in total. The molecule has 0 radical (unpaired) electrons. The summed E-state index contributed by atoms with van der Waals surface area (Å²) in [5.41, 5.74) is 5.84. The predicted molar refractivity (Wildman–Crippen MR) is 201 cm³/mol. The maximum atomic E-state index is 9.07. The highest BCUT2D eigenvalue weighted by Crippen LogP contribution is 2.36. The summed E-state index contributed by atoms with van der Waals surface area (Å²) in [6.45, 7) is 0. The van der Waals surface area contributed by atoms with Crippen LogP contribution in [0.5, 0.6) is 0 Å². The van der Waals surface area contributed by atoms with Crippen molar-refractivity contribution < 1.29 is 12.3 Å². The lowest BCUT2D eigenvalue weighted by Gasteiger charge is -2.12. The Hall–Kier alpha value is -6.65. The second kappa shape index (κ2) is 12.2. The summed E-state index contributed by atoms with van der Waals surface area (Å²) in [7, 11) is 0. The van der Waals surface area contributed by atoms with Crippen LogP contribution in [-0.4, -0.2) is 19.5 Å². The Morgan fingerprint density at radius 1 is 0.367 bits per heavy atom. The molecule has 2 heterocycles. The Balaban J connectivity index is 1.26. The Morgan fingerprint density at radius 2 is 0.918 bits per heavy atom. The maximum Gasteiger partial charge on any atom is 0.164 e. The number of fused-ring (bicyclic) bond motifs is 3. The summed E-state index contributed by atoms with van der Waals surface area (Å²) in [6.07, 6.45) is 0. The number of para-hydroxylation sites is 1. The van der Waals surface area contributed by atoms with Crippen molar-refractivity contribution in [3.05, 3.63) is 182 Å². The second-order valence-corrected chi connectivity index (χ2v) is 11.5. The van der Waals surface area contributed by atoms with Gasteiger partial charge in [0.2, 0.25) is 0 Å². The van der Waals surface area contributed by atoms with E-state index >= 15 is 0 Å². The van der Waals surface area contributed by atoms with Gasteiger partial charge in [0.15, 0.2) is 17.5 Å². The molecular weight excluding hydrogens is 597 g/mol. The van der Waals surface area contributed by atoms with Gasteiger partial charge in [-0.15, -0.1) is 0 Å². The first-order valence-electron chi connectivity index (χ1n) is 20.2. The van der Waals surface area contributed by atoms with Crippen molar-refractivity contribution in [3.63, 3.8) is 0 Å². The zero-order valence-electron chi connectivity index (χ0n) is 34.9. The fourth-order valence-electron chi connectivity index (χ4n) is 6.11. The van der Waals surface area contributed by atoms with Crippen LogP contribution in [0.2, 0.25) is 0 Å². The van der Waals surface area contributed by atoms with Gasteiger partial charge in [-0.05, 0) is 46.5 Å². The minimum Gasteiger partial charge on any atom is -0.309 e. The molecule has 0 unspecified atom stereocenters. The first-order chi connectivity index (χ1) is 28.0. The van der Waals surface area contributed by atoms with Crippen LogP contribution in [0.25, 0.3) is 83.9 Å². The third kappa shape index (κ3) is 5.35. The number of hydrogen-bond acceptors (Lipinski definition) is 3. The van der Waals surface area contributed by atoms with E-state index < -0.39 is 24.2 Å². The van der Waals surface area contributed by atoms with Crippen LogP contribution in [-0.2, 0) is 0 Å². The van der Waals surface area contributed by atoms with Crippen LogP contribution in [0.1, 0.15) is 12.3 Å². The molecular formula is C45H30N4. The summed E-state index contributed by atoms with van der Waals surface area (Å²) in [6, 6.07) is 36.5. The topological polar surface area (TPSA) is 43.6 Å². The number of benzene rings is 7. The van der Waals surface area contributed by atoms with Crippen LogP contribution in [0.3, 0.4) is 0 Å². The van der Waals surface area contributed by atoms with Gasteiger partial charge >= 0.3 is 0 Å². The van der Waals surface area contributed by atoms with Gasteiger partial charge in [0.1, 0.15) is 0 Å². The molecule has 0 aliphatic heterocycles. The van der Waals surface area contributed by atoms with E-state index in [9.17, 15) is 0 Å². The van der Waals surface area contributed by atoms with E-state index in [1.54, 1.807) is 22.8 Å². The van der Waals surface area contributed by atoms with Crippen LogP contribution < -0.4 is 0 Å². The molecule has 0 amide bonds. The normalized spacial score (nSPS) is 13.8. The van der Waals surface area contributed by atoms with Crippen molar-refractivity contribution >= 4 is 21.8 Å². The van der Waals surface area contributed by atoms with Gasteiger partial charge in [0.25, 0.3) is 0 Å². The lowest BCUT2D eigenvalue weighted by Crippen LogP contribution is -2.01. The van der Waals surface area contributed by atoms with Gasteiger partial charge in [0.05, 0.1) is 23.4 Å². The van der Waals surface area contributed by atoms with Crippen molar-refractivity contribution in [2.45, 2.75) is 0 Å². The highest BCUT2D eigenvalue weighted by Gasteiger charge is 2.16. The van der Waals surface area contributed by atoms with E-state index in [1.807, 2.05) is 97.1 Å². The summed E-state index contributed by atoms with van der Waals surface area (Å²) in [5.74, 6) is 1.30. The number of nitrogens with zero attached hydrogens (tertiary/aromatic N) is 4. The number of rotatable bonds is 6. The molecule has 0 aliphatic rings. The molecule has 230 valence electrons. The van der Waals surface area contributed by atoms with Gasteiger partial charge in [-0.3, -0.25) is 0 Å². The average Bonchev–Trinajstić information content (AvgIpc) is 3.61. The standard InChI is InChI=1S/C45H30N4/c1-4-13-31(14-5-1)33-23-25-35(26-24-33)44-46-43(34-17-8-3-9-18-34)47-45(48-44)37-19-12-20-38(29-37)49-41-22-11-10-21-39(41)40-28-27-36(30-42(40)49)32-15-6-2-7-16-32/h1-30H/i2D,6D,7D,10D,11D,15D,16D,21D,22D. The van der Waals surface area contributed by atoms with Gasteiger partial charge in [-0.2, -0.15) is 0 Å². The summed E-state index contributed by atoms with van der Waals surface area (Å²) < 4.78 is 78.8. The van der Waals surface area contributed by atoms with Crippen molar-refractivity contribution in [3.8, 4) is 62.1 Å². The molecule has 0 saturated heterocycles. The molecule has 0 fully saturated rings. The molecule has 0 aliphatic carbocycles. The van der Waals surface area contributed by atoms with Crippen molar-refractivity contribution in [1.29, 1.82) is 0 Å². The molecule has 49 heavy (non-hydrogen) atoms. The highest BCUT2D eigenvalue weighted by molar-refractivity contribution is 6.10. The highest BCUT2D eigenvalue weighted by atomic mass is 15.0. The fourth-order valence-corrected chi connectivity index (χ4v) is 6.11. The lowest BCUT2D eigenvalue weighted by atomic mass is 10.0. The Morgan fingerprint density at radius 3 is 1.65 bits per heavy atom. The molecule has 0 saturated carbocycles. The third-order valence-corrected chi connectivity index (χ3v) is 8.47. The summed E-state index contributed by atoms with van der Waals surface area (Å²) in [4.78, 5) is 14.8. The second-order valence-electron chi connectivity index (χ2n) is 11.5. The van der Waals surface area contributed by atoms with Crippen LogP contribution >= 0.6 is 0 Å². The molecule has 0 bridgehead atoms. The summed E-state index contributed by atoms with van der Waals surface area (Å²) >= 11 is 0. The molecule has 9 aromatic rings. The summed E-state index contributed by atoms with van der Waals surface area (Å²) in [5, 5.41) is 0.781. The van der Waals surface area contributed by atoms with Gasteiger partial charge in [-0.25, -0.2) is 15.0 Å². The molecule has 4 nitrogen and oxygen atoms in total. The molecule has 0 spiro atoms. The van der Waals surface area contributed by atoms with Crippen LogP contribution in [0, 0.1) is 0 Å². The first kappa shape index (κ1) is 20.6.